The van der Waals surface area contributed by atoms with Crippen molar-refractivity contribution >= 4 is 55.4 Å². The quantitative estimate of drug-likeness (QED) is 0.179. The van der Waals surface area contributed by atoms with Gasteiger partial charge in [-0.1, -0.05) is 169 Å². The SMILES string of the molecule is c1ccc2c(c1)Sc1ccccc1C21c2ccccc2-c2cc3c(cc21)c1ccccc1n3-c1nc2ccccc2nc1-c1ccc(-c2cccc3ccccc23)cc1. The number of hydrogen-bond donors (Lipinski definition) is 0. The van der Waals surface area contributed by atoms with E-state index in [1.807, 2.05) is 23.9 Å². The Morgan fingerprint density at radius 2 is 0.983 bits per heavy atom. The first kappa shape index (κ1) is 32.8. The largest absolute Gasteiger partial charge is 0.292 e. The van der Waals surface area contributed by atoms with Gasteiger partial charge in [-0.25, -0.2) is 9.97 Å². The first-order valence-electron chi connectivity index (χ1n) is 20.2. The van der Waals surface area contributed by atoms with Gasteiger partial charge in [0.05, 0.1) is 27.5 Å². The van der Waals surface area contributed by atoms with Crippen LogP contribution in [-0.4, -0.2) is 14.5 Å². The lowest BCUT2D eigenvalue weighted by Gasteiger charge is -2.39. The summed E-state index contributed by atoms with van der Waals surface area (Å²) in [5, 5.41) is 4.87. The molecular formula is C55H33N3S. The van der Waals surface area contributed by atoms with Crippen LogP contribution in [0.4, 0.5) is 0 Å². The Labute approximate surface area is 345 Å². The van der Waals surface area contributed by atoms with Crippen LogP contribution in [0.2, 0.25) is 0 Å². The van der Waals surface area contributed by atoms with Crippen LogP contribution < -0.4 is 0 Å². The van der Waals surface area contributed by atoms with Gasteiger partial charge in [-0.15, -0.1) is 0 Å². The third-order valence-electron chi connectivity index (χ3n) is 12.7. The lowest BCUT2D eigenvalue weighted by Crippen LogP contribution is -2.31. The molecule has 1 aliphatic heterocycles. The van der Waals surface area contributed by atoms with Gasteiger partial charge in [0, 0.05) is 26.1 Å². The first-order valence-corrected chi connectivity index (χ1v) is 21.0. The molecule has 0 atom stereocenters. The average Bonchev–Trinajstić information content (AvgIpc) is 3.77. The summed E-state index contributed by atoms with van der Waals surface area (Å²) in [7, 11) is 0. The number of para-hydroxylation sites is 3. The van der Waals surface area contributed by atoms with Crippen LogP contribution in [0.25, 0.3) is 82.9 Å². The van der Waals surface area contributed by atoms with E-state index in [4.69, 9.17) is 9.97 Å². The van der Waals surface area contributed by atoms with Gasteiger partial charge in [0.25, 0.3) is 0 Å². The standard InChI is InChI=1S/C55H33N3S/c1-2-16-37-34(14-1)15-13-19-38(37)35-28-30-36(31-29-35)53-54(57-48-24-9-8-23-47(48)56-53)58-49-25-10-4-18-40(49)42-32-46-41(33-50(42)58)39-17-3-5-20-43(39)55(46)44-21-6-11-26-51(44)59-52-27-12-7-22-45(52)55/h1-33H. The summed E-state index contributed by atoms with van der Waals surface area (Å²) in [6.07, 6.45) is 0. The Bertz CT molecular complexity index is 3490. The molecule has 13 rings (SSSR count). The number of aromatic nitrogens is 3. The molecule has 2 aliphatic rings. The van der Waals surface area contributed by atoms with Crippen LogP contribution in [0.15, 0.2) is 210 Å². The van der Waals surface area contributed by atoms with Crippen LogP contribution in [0, 0.1) is 0 Å². The molecule has 1 spiro atoms. The van der Waals surface area contributed by atoms with E-state index in [2.05, 4.69) is 193 Å². The number of rotatable bonds is 3. The normalized spacial score (nSPS) is 13.5. The molecule has 0 fully saturated rings. The smallest absolute Gasteiger partial charge is 0.165 e. The molecule has 0 saturated heterocycles. The van der Waals surface area contributed by atoms with E-state index in [1.165, 1.54) is 75.8 Å². The second-order valence-corrected chi connectivity index (χ2v) is 16.7. The Morgan fingerprint density at radius 1 is 0.390 bits per heavy atom. The Kier molecular flexibility index (Phi) is 6.87. The molecule has 1 aliphatic carbocycles. The maximum atomic E-state index is 5.49. The Morgan fingerprint density at radius 3 is 1.78 bits per heavy atom. The molecule has 4 heteroatoms. The van der Waals surface area contributed by atoms with Gasteiger partial charge < -0.3 is 0 Å². The summed E-state index contributed by atoms with van der Waals surface area (Å²) in [4.78, 5) is 13.5. The van der Waals surface area contributed by atoms with E-state index in [9.17, 15) is 0 Å². The average molecular weight is 768 g/mol. The summed E-state index contributed by atoms with van der Waals surface area (Å²) < 4.78 is 2.37. The van der Waals surface area contributed by atoms with E-state index in [1.54, 1.807) is 0 Å². The lowest BCUT2D eigenvalue weighted by molar-refractivity contribution is 0.723. The van der Waals surface area contributed by atoms with Crippen molar-refractivity contribution in [2.45, 2.75) is 15.2 Å². The molecule has 0 radical (unpaired) electrons. The van der Waals surface area contributed by atoms with E-state index in [0.29, 0.717) is 0 Å². The zero-order valence-electron chi connectivity index (χ0n) is 31.8. The molecule has 3 nitrogen and oxygen atoms in total. The molecule has 0 N–H and O–H groups in total. The number of nitrogens with zero attached hydrogens (tertiary/aromatic N) is 3. The highest BCUT2D eigenvalue weighted by Gasteiger charge is 2.50. The molecular weight excluding hydrogens is 735 g/mol. The van der Waals surface area contributed by atoms with Crippen LogP contribution in [0.3, 0.4) is 0 Å². The van der Waals surface area contributed by atoms with Gasteiger partial charge >= 0.3 is 0 Å². The van der Waals surface area contributed by atoms with Crippen molar-refractivity contribution in [3.63, 3.8) is 0 Å². The summed E-state index contributed by atoms with van der Waals surface area (Å²) in [6.45, 7) is 0. The summed E-state index contributed by atoms with van der Waals surface area (Å²) in [6, 6.07) is 73.0. The minimum atomic E-state index is -0.457. The Hall–Kier alpha value is -7.27. The molecule has 9 aromatic carbocycles. The maximum absolute atomic E-state index is 5.49. The molecule has 11 aromatic rings. The molecule has 3 heterocycles. The van der Waals surface area contributed by atoms with Gasteiger partial charge in [-0.3, -0.25) is 4.57 Å². The van der Waals surface area contributed by atoms with Crippen molar-refractivity contribution in [3.05, 3.63) is 222 Å². The molecule has 0 bridgehead atoms. The predicted octanol–water partition coefficient (Wildman–Crippen LogP) is 14.0. The van der Waals surface area contributed by atoms with Crippen molar-refractivity contribution in [1.82, 2.24) is 14.5 Å². The zero-order valence-corrected chi connectivity index (χ0v) is 32.6. The third kappa shape index (κ3) is 4.55. The fourth-order valence-corrected chi connectivity index (χ4v) is 11.4. The van der Waals surface area contributed by atoms with Gasteiger partial charge in [-0.2, -0.15) is 0 Å². The minimum Gasteiger partial charge on any atom is -0.292 e. The van der Waals surface area contributed by atoms with Gasteiger partial charge in [0.1, 0.15) is 5.69 Å². The topological polar surface area (TPSA) is 30.7 Å². The summed E-state index contributed by atoms with van der Waals surface area (Å²) >= 11 is 1.88. The maximum Gasteiger partial charge on any atom is 0.165 e. The molecule has 0 amide bonds. The van der Waals surface area contributed by atoms with Crippen LogP contribution in [-0.2, 0) is 5.41 Å². The molecule has 274 valence electrons. The number of hydrogen-bond acceptors (Lipinski definition) is 3. The highest BCUT2D eigenvalue weighted by molar-refractivity contribution is 7.99. The van der Waals surface area contributed by atoms with Crippen molar-refractivity contribution in [1.29, 1.82) is 0 Å². The molecule has 2 aromatic heterocycles. The van der Waals surface area contributed by atoms with E-state index >= 15 is 0 Å². The first-order chi connectivity index (χ1) is 29.3. The van der Waals surface area contributed by atoms with E-state index < -0.39 is 5.41 Å². The second kappa shape index (κ2) is 12.4. The monoisotopic (exact) mass is 767 g/mol. The van der Waals surface area contributed by atoms with Crippen LogP contribution in [0.1, 0.15) is 22.3 Å². The van der Waals surface area contributed by atoms with Crippen molar-refractivity contribution in [2.24, 2.45) is 0 Å². The highest BCUT2D eigenvalue weighted by Crippen LogP contribution is 2.62. The van der Waals surface area contributed by atoms with Crippen molar-refractivity contribution in [3.8, 4) is 39.3 Å². The van der Waals surface area contributed by atoms with E-state index in [-0.39, 0.29) is 0 Å². The predicted molar refractivity (Wildman–Crippen MR) is 244 cm³/mol. The van der Waals surface area contributed by atoms with Gasteiger partial charge in [0.15, 0.2) is 5.82 Å². The molecule has 0 unspecified atom stereocenters. The van der Waals surface area contributed by atoms with Crippen molar-refractivity contribution < 1.29 is 0 Å². The fraction of sp³-hybridized carbons (Fsp3) is 0.0182. The van der Waals surface area contributed by atoms with Gasteiger partial charge in [-0.05, 0) is 97.7 Å². The molecule has 0 saturated carbocycles. The van der Waals surface area contributed by atoms with Crippen molar-refractivity contribution in [2.75, 3.05) is 0 Å². The summed E-state index contributed by atoms with van der Waals surface area (Å²) in [5.74, 6) is 0.818. The molecule has 59 heavy (non-hydrogen) atoms. The zero-order chi connectivity index (χ0) is 38.7. The number of fused-ring (bicyclic) bond motifs is 14. The third-order valence-corrected chi connectivity index (χ3v) is 13.8. The summed E-state index contributed by atoms with van der Waals surface area (Å²) in [5.41, 5.74) is 15.6. The fourth-order valence-electron chi connectivity index (χ4n) is 10.2. The second-order valence-electron chi connectivity index (χ2n) is 15.6. The number of benzene rings is 9. The van der Waals surface area contributed by atoms with Crippen LogP contribution in [0.5, 0.6) is 0 Å². The van der Waals surface area contributed by atoms with E-state index in [0.717, 1.165) is 39.1 Å². The lowest BCUT2D eigenvalue weighted by atomic mass is 9.67. The van der Waals surface area contributed by atoms with Crippen LogP contribution >= 0.6 is 11.8 Å². The highest BCUT2D eigenvalue weighted by atomic mass is 32.2. The Balaban J connectivity index is 1.09. The minimum absolute atomic E-state index is 0.457. The van der Waals surface area contributed by atoms with Gasteiger partial charge in [0.2, 0.25) is 0 Å².